The highest BCUT2D eigenvalue weighted by molar-refractivity contribution is 5.46. The van der Waals surface area contributed by atoms with E-state index in [9.17, 15) is 0 Å². The van der Waals surface area contributed by atoms with Crippen molar-refractivity contribution in [3.8, 4) is 0 Å². The first-order valence-electron chi connectivity index (χ1n) is 13.1. The van der Waals surface area contributed by atoms with Gasteiger partial charge in [-0.15, -0.1) is 0 Å². The van der Waals surface area contributed by atoms with E-state index in [1.807, 2.05) is 0 Å². The molecule has 2 aromatic rings. The number of hydrogen-bond acceptors (Lipinski definition) is 0. The zero-order chi connectivity index (χ0) is 27.1. The molecule has 0 aliphatic rings. The Morgan fingerprint density at radius 1 is 0.353 bits per heavy atom. The Bertz CT molecular complexity index is 898. The zero-order valence-electron chi connectivity index (χ0n) is 25.9. The summed E-state index contributed by atoms with van der Waals surface area (Å²) in [5.41, 5.74) is 11.2. The van der Waals surface area contributed by atoms with Gasteiger partial charge in [0.05, 0.1) is 0 Å². The van der Waals surface area contributed by atoms with Gasteiger partial charge in [0.15, 0.2) is 0 Å². The molecule has 2 aromatic carbocycles. The molecule has 0 nitrogen and oxygen atoms in total. The molecule has 0 aliphatic carbocycles. The van der Waals surface area contributed by atoms with Crippen molar-refractivity contribution in [1.82, 2.24) is 0 Å². The number of rotatable bonds is 0. The maximum Gasteiger partial charge on any atom is -0.0129 e. The molecule has 0 spiro atoms. The van der Waals surface area contributed by atoms with Crippen LogP contribution in [0.5, 0.6) is 0 Å². The van der Waals surface area contributed by atoms with Crippen molar-refractivity contribution >= 4 is 0 Å². The van der Waals surface area contributed by atoms with E-state index in [2.05, 4.69) is 148 Å². The monoisotopic (exact) mass is 464 g/mol. The van der Waals surface area contributed by atoms with Gasteiger partial charge in [-0.25, -0.2) is 0 Å². The maximum absolute atomic E-state index is 2.42. The lowest BCUT2D eigenvalue weighted by Gasteiger charge is -2.32. The van der Waals surface area contributed by atoms with Gasteiger partial charge in [-0.05, 0) is 74.3 Å². The highest BCUT2D eigenvalue weighted by atomic mass is 14.3. The molecule has 34 heavy (non-hydrogen) atoms. The fraction of sp³-hybridized carbons (Fsp3) is 0.647. The molecule has 0 bridgehead atoms. The van der Waals surface area contributed by atoms with Gasteiger partial charge in [0.2, 0.25) is 0 Å². The van der Waals surface area contributed by atoms with Gasteiger partial charge in [0.25, 0.3) is 0 Å². The predicted octanol–water partition coefficient (Wildman–Crippen LogP) is 10.5. The summed E-state index contributed by atoms with van der Waals surface area (Å²) in [6, 6.07) is 11.8. The average molecular weight is 465 g/mol. The largest absolute Gasteiger partial charge is 0.0561 e. The van der Waals surface area contributed by atoms with E-state index in [-0.39, 0.29) is 27.1 Å². The third-order valence-corrected chi connectivity index (χ3v) is 6.70. The van der Waals surface area contributed by atoms with Gasteiger partial charge < -0.3 is 0 Å². The van der Waals surface area contributed by atoms with Crippen molar-refractivity contribution in [2.24, 2.45) is 0 Å². The van der Waals surface area contributed by atoms with E-state index < -0.39 is 0 Å². The van der Waals surface area contributed by atoms with E-state index in [0.29, 0.717) is 0 Å². The van der Waals surface area contributed by atoms with Gasteiger partial charge in [0, 0.05) is 0 Å². The molecule has 0 unspecified atom stereocenters. The number of aryl methyl sites for hydroxylation is 1. The van der Waals surface area contributed by atoms with E-state index in [1.165, 1.54) is 38.9 Å². The summed E-state index contributed by atoms with van der Waals surface area (Å²) in [6.07, 6.45) is 0. The molecule has 0 aromatic heterocycles. The third kappa shape index (κ3) is 8.28. The minimum atomic E-state index is 0.200. The van der Waals surface area contributed by atoms with Crippen LogP contribution in [0.1, 0.15) is 143 Å². The number of hydrogen-bond donors (Lipinski definition) is 0. The zero-order valence-corrected chi connectivity index (χ0v) is 25.9. The van der Waals surface area contributed by atoms with Crippen molar-refractivity contribution in [2.45, 2.75) is 145 Å². The summed E-state index contributed by atoms with van der Waals surface area (Å²) < 4.78 is 0. The topological polar surface area (TPSA) is 0 Å². The summed E-state index contributed by atoms with van der Waals surface area (Å²) >= 11 is 0. The lowest BCUT2D eigenvalue weighted by atomic mass is 9.73. The second-order valence-corrected chi connectivity index (χ2v) is 15.5. The summed E-state index contributed by atoms with van der Waals surface area (Å²) in [4.78, 5) is 0. The molecule has 0 aliphatic heterocycles. The molecule has 0 atom stereocenters. The van der Waals surface area contributed by atoms with Crippen molar-refractivity contribution in [2.75, 3.05) is 0 Å². The first kappa shape index (κ1) is 30.5. The second kappa shape index (κ2) is 9.83. The van der Waals surface area contributed by atoms with Crippen LogP contribution in [0.25, 0.3) is 0 Å². The van der Waals surface area contributed by atoms with Crippen molar-refractivity contribution in [1.29, 1.82) is 0 Å². The normalized spacial score (nSPS) is 13.4. The summed E-state index contributed by atoms with van der Waals surface area (Å²) in [7, 11) is 0. The van der Waals surface area contributed by atoms with Crippen LogP contribution < -0.4 is 0 Å². The van der Waals surface area contributed by atoms with Gasteiger partial charge >= 0.3 is 0 Å². The van der Waals surface area contributed by atoms with Crippen LogP contribution in [0, 0.1) is 13.8 Å². The van der Waals surface area contributed by atoms with Crippen LogP contribution in [-0.2, 0) is 27.1 Å². The highest BCUT2D eigenvalue weighted by Gasteiger charge is 2.27. The lowest BCUT2D eigenvalue weighted by molar-refractivity contribution is 0.542. The Kier molecular flexibility index (Phi) is 8.81. The van der Waals surface area contributed by atoms with Crippen LogP contribution in [0.3, 0.4) is 0 Å². The van der Waals surface area contributed by atoms with E-state index >= 15 is 0 Å². The Morgan fingerprint density at radius 2 is 0.618 bits per heavy atom. The molecule has 0 heterocycles. The minimum absolute atomic E-state index is 0.200. The van der Waals surface area contributed by atoms with Crippen molar-refractivity contribution in [3.05, 3.63) is 69.3 Å². The van der Waals surface area contributed by atoms with Gasteiger partial charge in [-0.1, -0.05) is 140 Å². The molecule has 0 heteroatoms. The average Bonchev–Trinajstić information content (AvgIpc) is 2.57. The van der Waals surface area contributed by atoms with Crippen molar-refractivity contribution < 1.29 is 0 Å². The Balaban J connectivity index is 0.000000350. The smallest absolute Gasteiger partial charge is 0.0129 e. The van der Waals surface area contributed by atoms with Crippen LogP contribution in [0.2, 0.25) is 0 Å². The fourth-order valence-electron chi connectivity index (χ4n) is 4.35. The molecule has 0 saturated carbocycles. The summed E-state index contributed by atoms with van der Waals surface area (Å²) in [5.74, 6) is 0. The standard InChI is InChI=1S/C19H32.C15H24/c1-13-15(18(5,6)7)11-14(17(2,3)4)12-16(13)19(8,9)10;1-11-8-12(14(2,3)4)10-13(9-11)15(5,6)7/h11-12H,1-10H3;8-10H,1-7H3. The van der Waals surface area contributed by atoms with E-state index in [0.717, 1.165) is 0 Å². The first-order chi connectivity index (χ1) is 14.8. The molecule has 0 N–H and O–H groups in total. The molecule has 2 rings (SSSR count). The van der Waals surface area contributed by atoms with Crippen LogP contribution >= 0.6 is 0 Å². The lowest BCUT2D eigenvalue weighted by Crippen LogP contribution is -2.23. The maximum atomic E-state index is 2.42. The minimum Gasteiger partial charge on any atom is -0.0561 e. The molecule has 0 saturated heterocycles. The fourth-order valence-corrected chi connectivity index (χ4v) is 4.35. The number of benzene rings is 2. The molecule has 192 valence electrons. The van der Waals surface area contributed by atoms with Gasteiger partial charge in [0.1, 0.15) is 0 Å². The molecular formula is C34H56. The van der Waals surface area contributed by atoms with Gasteiger partial charge in [-0.3, -0.25) is 0 Å². The predicted molar refractivity (Wildman–Crippen MR) is 156 cm³/mol. The van der Waals surface area contributed by atoms with Crippen LogP contribution in [0.15, 0.2) is 30.3 Å². The summed E-state index contributed by atoms with van der Waals surface area (Å²) in [5, 5.41) is 0. The Hall–Kier alpha value is -1.56. The Labute approximate surface area is 214 Å². The highest BCUT2D eigenvalue weighted by Crippen LogP contribution is 2.37. The van der Waals surface area contributed by atoms with Crippen LogP contribution in [0.4, 0.5) is 0 Å². The molecular weight excluding hydrogens is 408 g/mol. The van der Waals surface area contributed by atoms with Crippen LogP contribution in [-0.4, -0.2) is 0 Å². The van der Waals surface area contributed by atoms with Crippen molar-refractivity contribution in [3.63, 3.8) is 0 Å². The quantitative estimate of drug-likeness (QED) is 0.363. The first-order valence-corrected chi connectivity index (χ1v) is 13.1. The molecule has 0 radical (unpaired) electrons. The second-order valence-electron chi connectivity index (χ2n) is 15.5. The van der Waals surface area contributed by atoms with E-state index in [1.54, 1.807) is 0 Å². The molecule has 0 fully saturated rings. The van der Waals surface area contributed by atoms with E-state index in [4.69, 9.17) is 0 Å². The van der Waals surface area contributed by atoms with Gasteiger partial charge in [-0.2, -0.15) is 0 Å². The SMILES string of the molecule is Cc1c(C(C)(C)C)cc(C(C)(C)C)cc1C(C)(C)C.Cc1cc(C(C)(C)C)cc(C(C)(C)C)c1. The molecule has 0 amide bonds. The Morgan fingerprint density at radius 3 is 0.853 bits per heavy atom. The summed E-state index contributed by atoms with van der Waals surface area (Å²) in [6.45, 7) is 38.9. The third-order valence-electron chi connectivity index (χ3n) is 6.70.